The second-order valence-electron chi connectivity index (χ2n) is 10.0. The van der Waals surface area contributed by atoms with Gasteiger partial charge in [0, 0.05) is 53.8 Å². The molecule has 0 aliphatic carbocycles. The van der Waals surface area contributed by atoms with Gasteiger partial charge in [0.1, 0.15) is 11.4 Å². The van der Waals surface area contributed by atoms with Gasteiger partial charge in [-0.1, -0.05) is 12.1 Å². The largest absolute Gasteiger partial charge is 0.487 e. The van der Waals surface area contributed by atoms with E-state index in [0.29, 0.717) is 13.0 Å². The average molecular weight is 435 g/mol. The standard InChI is InChI=1S/C27H34N2O3/c1-16-5-6-20-22(11-16)28-19(4)26(20)24(31)15-29-9-7-27(8-10-29)14-23(30)21-12-17(2)18(3)13-25(21)32-27/h5-6,11-13,23-24,28,30-31H,7-10,14-15H2,1-4H3/t23-,24+/m1/s1. The second kappa shape index (κ2) is 7.91. The van der Waals surface area contributed by atoms with Crippen molar-refractivity contribution in [2.45, 2.75) is 64.8 Å². The number of hydrogen-bond donors (Lipinski definition) is 3. The molecule has 3 N–H and O–H groups in total. The summed E-state index contributed by atoms with van der Waals surface area (Å²) in [6, 6.07) is 10.5. The number of hydrogen-bond acceptors (Lipinski definition) is 4. The van der Waals surface area contributed by atoms with Crippen molar-refractivity contribution in [3.8, 4) is 5.75 Å². The number of nitrogens with one attached hydrogen (secondary N) is 1. The van der Waals surface area contributed by atoms with Crippen molar-refractivity contribution in [1.29, 1.82) is 0 Å². The molecule has 0 bridgehead atoms. The summed E-state index contributed by atoms with van der Waals surface area (Å²) >= 11 is 0. The lowest BCUT2D eigenvalue weighted by molar-refractivity contribution is -0.0588. The Balaban J connectivity index is 1.28. The van der Waals surface area contributed by atoms with Crippen molar-refractivity contribution >= 4 is 10.9 Å². The molecule has 0 radical (unpaired) electrons. The van der Waals surface area contributed by atoms with E-state index in [1.165, 1.54) is 16.7 Å². The molecule has 1 spiro atoms. The number of aliphatic hydroxyl groups excluding tert-OH is 2. The van der Waals surface area contributed by atoms with Gasteiger partial charge >= 0.3 is 0 Å². The summed E-state index contributed by atoms with van der Waals surface area (Å²) in [5, 5.41) is 23.1. The van der Waals surface area contributed by atoms with E-state index in [1.54, 1.807) is 0 Å². The Morgan fingerprint density at radius 2 is 1.81 bits per heavy atom. The fourth-order valence-electron chi connectivity index (χ4n) is 5.58. The minimum Gasteiger partial charge on any atom is -0.487 e. The predicted octanol–water partition coefficient (Wildman–Crippen LogP) is 4.79. The number of aromatic amines is 1. The van der Waals surface area contributed by atoms with Gasteiger partial charge in [-0.05, 0) is 75.4 Å². The van der Waals surface area contributed by atoms with Crippen LogP contribution in [0, 0.1) is 27.7 Å². The molecule has 1 fully saturated rings. The molecular weight excluding hydrogens is 400 g/mol. The molecule has 5 rings (SSSR count). The number of aromatic nitrogens is 1. The molecule has 0 unspecified atom stereocenters. The van der Waals surface area contributed by atoms with Crippen LogP contribution in [0.3, 0.4) is 0 Å². The minimum absolute atomic E-state index is 0.316. The highest BCUT2D eigenvalue weighted by molar-refractivity contribution is 5.85. The Morgan fingerprint density at radius 1 is 1.09 bits per heavy atom. The van der Waals surface area contributed by atoms with Gasteiger partial charge in [0.05, 0.1) is 12.2 Å². The number of rotatable bonds is 3. The lowest BCUT2D eigenvalue weighted by Crippen LogP contribution is -2.51. The van der Waals surface area contributed by atoms with Crippen LogP contribution in [-0.2, 0) is 0 Å². The van der Waals surface area contributed by atoms with Crippen LogP contribution in [0.2, 0.25) is 0 Å². The van der Waals surface area contributed by atoms with Crippen LogP contribution in [0.1, 0.15) is 65.0 Å². The van der Waals surface area contributed by atoms with Crippen LogP contribution in [0.15, 0.2) is 30.3 Å². The van der Waals surface area contributed by atoms with Gasteiger partial charge in [-0.3, -0.25) is 0 Å². The van der Waals surface area contributed by atoms with Gasteiger partial charge in [-0.2, -0.15) is 0 Å². The number of aryl methyl sites for hydroxylation is 4. The maximum absolute atomic E-state index is 11.1. The molecule has 2 atom stereocenters. The van der Waals surface area contributed by atoms with E-state index in [0.717, 1.165) is 59.4 Å². The summed E-state index contributed by atoms with van der Waals surface area (Å²) in [6.45, 7) is 10.6. The van der Waals surface area contributed by atoms with Crippen LogP contribution in [-0.4, -0.2) is 45.3 Å². The summed E-state index contributed by atoms with van der Waals surface area (Å²) in [5.41, 5.74) is 7.32. The van der Waals surface area contributed by atoms with E-state index in [-0.39, 0.29) is 5.60 Å². The molecule has 2 aromatic carbocycles. The third kappa shape index (κ3) is 3.72. The Hall–Kier alpha value is -2.34. The van der Waals surface area contributed by atoms with Crippen LogP contribution in [0.5, 0.6) is 5.75 Å². The first-order valence-electron chi connectivity index (χ1n) is 11.7. The number of likely N-dealkylation sites (tertiary alicyclic amines) is 1. The predicted molar refractivity (Wildman–Crippen MR) is 127 cm³/mol. The normalized spacial score (nSPS) is 21.5. The van der Waals surface area contributed by atoms with E-state index in [1.807, 2.05) is 6.92 Å². The van der Waals surface area contributed by atoms with Crippen LogP contribution >= 0.6 is 0 Å². The molecule has 3 aromatic rings. The summed E-state index contributed by atoms with van der Waals surface area (Å²) in [7, 11) is 0. The zero-order chi connectivity index (χ0) is 22.6. The molecule has 5 nitrogen and oxygen atoms in total. The fourth-order valence-corrected chi connectivity index (χ4v) is 5.58. The van der Waals surface area contributed by atoms with E-state index >= 15 is 0 Å². The third-order valence-electron chi connectivity index (χ3n) is 7.60. The highest BCUT2D eigenvalue weighted by Crippen LogP contribution is 2.45. The minimum atomic E-state index is -0.537. The number of fused-ring (bicyclic) bond motifs is 2. The van der Waals surface area contributed by atoms with Crippen LogP contribution < -0.4 is 4.74 Å². The summed E-state index contributed by atoms with van der Waals surface area (Å²) in [4.78, 5) is 5.76. The number of nitrogens with zero attached hydrogens (tertiary/aromatic N) is 1. The molecule has 2 aliphatic rings. The Bertz CT molecular complexity index is 1160. The van der Waals surface area contributed by atoms with Crippen molar-refractivity contribution in [3.63, 3.8) is 0 Å². The number of ether oxygens (including phenoxy) is 1. The highest BCUT2D eigenvalue weighted by atomic mass is 16.5. The maximum atomic E-state index is 11.1. The Morgan fingerprint density at radius 3 is 2.56 bits per heavy atom. The van der Waals surface area contributed by atoms with E-state index in [4.69, 9.17) is 4.74 Å². The van der Waals surface area contributed by atoms with Crippen molar-refractivity contribution < 1.29 is 14.9 Å². The highest BCUT2D eigenvalue weighted by Gasteiger charge is 2.43. The molecular formula is C27H34N2O3. The lowest BCUT2D eigenvalue weighted by Gasteiger charge is -2.46. The number of aliphatic hydroxyl groups is 2. The zero-order valence-corrected chi connectivity index (χ0v) is 19.5. The average Bonchev–Trinajstić information content (AvgIpc) is 3.06. The van der Waals surface area contributed by atoms with Gasteiger partial charge in [0.15, 0.2) is 0 Å². The fraction of sp³-hybridized carbons (Fsp3) is 0.481. The summed E-state index contributed by atoms with van der Waals surface area (Å²) in [6.07, 6.45) is 1.33. The molecule has 1 aromatic heterocycles. The van der Waals surface area contributed by atoms with E-state index < -0.39 is 12.2 Å². The van der Waals surface area contributed by atoms with E-state index in [9.17, 15) is 10.2 Å². The van der Waals surface area contributed by atoms with Gasteiger partial charge in [0.25, 0.3) is 0 Å². The SMILES string of the molecule is Cc1ccc2c([C@@H](O)CN3CCC4(CC3)C[C@@H](O)c3cc(C)c(C)cc3O4)c(C)[nH]c2c1. The monoisotopic (exact) mass is 434 g/mol. The van der Waals surface area contributed by atoms with Gasteiger partial charge in [0.2, 0.25) is 0 Å². The molecule has 0 amide bonds. The quantitative estimate of drug-likeness (QED) is 0.555. The van der Waals surface area contributed by atoms with Crippen molar-refractivity contribution in [1.82, 2.24) is 9.88 Å². The number of H-pyrrole nitrogens is 1. The first-order valence-corrected chi connectivity index (χ1v) is 11.7. The molecule has 2 aliphatic heterocycles. The zero-order valence-electron chi connectivity index (χ0n) is 19.5. The van der Waals surface area contributed by atoms with Crippen LogP contribution in [0.25, 0.3) is 10.9 Å². The van der Waals surface area contributed by atoms with Crippen molar-refractivity contribution in [3.05, 3.63) is 63.8 Å². The summed E-state index contributed by atoms with van der Waals surface area (Å²) < 4.78 is 6.53. The number of benzene rings is 2. The topological polar surface area (TPSA) is 68.7 Å². The Kier molecular flexibility index (Phi) is 5.31. The first kappa shape index (κ1) is 21.5. The van der Waals surface area contributed by atoms with Gasteiger partial charge < -0.3 is 24.8 Å². The van der Waals surface area contributed by atoms with Crippen LogP contribution in [0.4, 0.5) is 0 Å². The molecule has 5 heteroatoms. The maximum Gasteiger partial charge on any atom is 0.126 e. The van der Waals surface area contributed by atoms with E-state index in [2.05, 4.69) is 61.0 Å². The molecule has 1 saturated heterocycles. The molecule has 32 heavy (non-hydrogen) atoms. The van der Waals surface area contributed by atoms with Gasteiger partial charge in [-0.25, -0.2) is 0 Å². The molecule has 0 saturated carbocycles. The van der Waals surface area contributed by atoms with Crippen molar-refractivity contribution in [2.24, 2.45) is 0 Å². The smallest absolute Gasteiger partial charge is 0.126 e. The number of piperidine rings is 1. The first-order chi connectivity index (χ1) is 15.2. The molecule has 3 heterocycles. The molecule has 170 valence electrons. The Labute approximate surface area is 190 Å². The second-order valence-corrected chi connectivity index (χ2v) is 10.0. The van der Waals surface area contributed by atoms with Gasteiger partial charge in [-0.15, -0.1) is 0 Å². The number of β-amino-alcohol motifs (C(OH)–C–C–N with tert-alkyl or cyclic N) is 1. The summed E-state index contributed by atoms with van der Waals surface area (Å²) in [5.74, 6) is 0.838. The third-order valence-corrected chi connectivity index (χ3v) is 7.60. The lowest BCUT2D eigenvalue weighted by atomic mass is 9.81. The van der Waals surface area contributed by atoms with Crippen molar-refractivity contribution in [2.75, 3.05) is 19.6 Å².